The van der Waals surface area contributed by atoms with Crippen molar-refractivity contribution in [2.45, 2.75) is 51.3 Å². The standard InChI is InChI=1S/C18H28N2O3/c1-17(2,3)23-16(22)20-11-15(12-21)19-13-18(20,4)10-14-8-6-5-7-9-14/h5-9,15,19,21H,10-13H2,1-4H3. The molecular formula is C18H28N2O3. The average Bonchev–Trinajstić information content (AvgIpc) is 2.46. The van der Waals surface area contributed by atoms with Gasteiger partial charge in [-0.05, 0) is 39.7 Å². The lowest BCUT2D eigenvalue weighted by Gasteiger charge is -2.47. The minimum absolute atomic E-state index is 0.000709. The molecule has 1 aromatic carbocycles. The first-order valence-electron chi connectivity index (χ1n) is 8.12. The maximum absolute atomic E-state index is 12.7. The van der Waals surface area contributed by atoms with E-state index in [1.54, 1.807) is 4.90 Å². The van der Waals surface area contributed by atoms with Crippen LogP contribution in [0.4, 0.5) is 4.79 Å². The largest absolute Gasteiger partial charge is 0.444 e. The number of hydrogen-bond donors (Lipinski definition) is 2. The van der Waals surface area contributed by atoms with Crippen molar-refractivity contribution in [2.24, 2.45) is 0 Å². The van der Waals surface area contributed by atoms with Gasteiger partial charge in [0, 0.05) is 19.1 Å². The Kier molecular flexibility index (Phi) is 5.32. The van der Waals surface area contributed by atoms with Gasteiger partial charge in [-0.3, -0.25) is 4.90 Å². The summed E-state index contributed by atoms with van der Waals surface area (Å²) in [6, 6.07) is 10.0. The van der Waals surface area contributed by atoms with Crippen LogP contribution in [0.3, 0.4) is 0 Å². The van der Waals surface area contributed by atoms with Gasteiger partial charge < -0.3 is 15.2 Å². The molecule has 1 heterocycles. The van der Waals surface area contributed by atoms with Crippen molar-refractivity contribution in [3.8, 4) is 0 Å². The highest BCUT2D eigenvalue weighted by Crippen LogP contribution is 2.26. The van der Waals surface area contributed by atoms with Crippen molar-refractivity contribution in [2.75, 3.05) is 19.7 Å². The molecule has 128 valence electrons. The highest BCUT2D eigenvalue weighted by Gasteiger charge is 2.42. The molecule has 2 unspecified atom stereocenters. The molecule has 1 aliphatic rings. The van der Waals surface area contributed by atoms with E-state index in [0.29, 0.717) is 13.1 Å². The summed E-state index contributed by atoms with van der Waals surface area (Å²) in [5.74, 6) is 0. The van der Waals surface area contributed by atoms with Crippen molar-refractivity contribution >= 4 is 6.09 Å². The van der Waals surface area contributed by atoms with Crippen LogP contribution in [0, 0.1) is 0 Å². The second-order valence-electron chi connectivity index (χ2n) is 7.51. The van der Waals surface area contributed by atoms with E-state index < -0.39 is 11.1 Å². The Morgan fingerprint density at radius 3 is 2.61 bits per heavy atom. The quantitative estimate of drug-likeness (QED) is 0.896. The van der Waals surface area contributed by atoms with E-state index in [-0.39, 0.29) is 18.7 Å². The summed E-state index contributed by atoms with van der Waals surface area (Å²) in [6.45, 7) is 8.72. The number of aliphatic hydroxyl groups is 1. The number of hydrogen-bond acceptors (Lipinski definition) is 4. The van der Waals surface area contributed by atoms with E-state index in [4.69, 9.17) is 4.74 Å². The summed E-state index contributed by atoms with van der Waals surface area (Å²) in [5.41, 5.74) is 0.243. The number of aliphatic hydroxyl groups excluding tert-OH is 1. The zero-order valence-corrected chi connectivity index (χ0v) is 14.5. The lowest BCUT2D eigenvalue weighted by molar-refractivity contribution is -0.0172. The van der Waals surface area contributed by atoms with Gasteiger partial charge in [0.2, 0.25) is 0 Å². The second kappa shape index (κ2) is 6.89. The fourth-order valence-corrected chi connectivity index (χ4v) is 2.89. The summed E-state index contributed by atoms with van der Waals surface area (Å²) in [4.78, 5) is 14.4. The number of nitrogens with zero attached hydrogens (tertiary/aromatic N) is 1. The zero-order valence-electron chi connectivity index (χ0n) is 14.5. The Hall–Kier alpha value is -1.59. The fraction of sp³-hybridized carbons (Fsp3) is 0.611. The Balaban J connectivity index is 2.21. The van der Waals surface area contributed by atoms with Gasteiger partial charge in [0.15, 0.2) is 0 Å². The number of ether oxygens (including phenoxy) is 1. The summed E-state index contributed by atoms with van der Waals surface area (Å²) >= 11 is 0. The van der Waals surface area contributed by atoms with E-state index in [0.717, 1.165) is 6.42 Å². The van der Waals surface area contributed by atoms with Crippen LogP contribution in [0.15, 0.2) is 30.3 Å². The Bertz CT molecular complexity index is 527. The molecule has 2 N–H and O–H groups in total. The van der Waals surface area contributed by atoms with Gasteiger partial charge in [-0.2, -0.15) is 0 Å². The number of nitrogens with one attached hydrogen (secondary N) is 1. The number of benzene rings is 1. The smallest absolute Gasteiger partial charge is 0.410 e. The molecule has 1 amide bonds. The van der Waals surface area contributed by atoms with Crippen molar-refractivity contribution in [1.82, 2.24) is 10.2 Å². The van der Waals surface area contributed by atoms with Gasteiger partial charge in [0.25, 0.3) is 0 Å². The highest BCUT2D eigenvalue weighted by atomic mass is 16.6. The molecule has 0 aromatic heterocycles. The maximum Gasteiger partial charge on any atom is 0.410 e. The molecular weight excluding hydrogens is 292 g/mol. The van der Waals surface area contributed by atoms with E-state index in [9.17, 15) is 9.90 Å². The van der Waals surface area contributed by atoms with Crippen LogP contribution < -0.4 is 5.32 Å². The number of amides is 1. The SMILES string of the molecule is CC(C)(C)OC(=O)N1CC(CO)NCC1(C)Cc1ccccc1. The zero-order chi connectivity index (χ0) is 17.1. The molecule has 0 radical (unpaired) electrons. The number of carbonyl (C=O) groups excluding carboxylic acids is 1. The Labute approximate surface area is 138 Å². The van der Waals surface area contributed by atoms with Crippen LogP contribution in [0.1, 0.15) is 33.3 Å². The first-order valence-corrected chi connectivity index (χ1v) is 8.12. The van der Waals surface area contributed by atoms with Crippen molar-refractivity contribution in [3.05, 3.63) is 35.9 Å². The van der Waals surface area contributed by atoms with Crippen LogP contribution in [0.5, 0.6) is 0 Å². The Morgan fingerprint density at radius 1 is 1.39 bits per heavy atom. The lowest BCUT2D eigenvalue weighted by Crippen LogP contribution is -2.67. The van der Waals surface area contributed by atoms with Crippen LogP contribution >= 0.6 is 0 Å². The predicted octanol–water partition coefficient (Wildman–Crippen LogP) is 2.19. The lowest BCUT2D eigenvalue weighted by atomic mass is 9.88. The van der Waals surface area contributed by atoms with Gasteiger partial charge in [0.1, 0.15) is 5.60 Å². The minimum atomic E-state index is -0.537. The van der Waals surface area contributed by atoms with Gasteiger partial charge in [-0.25, -0.2) is 4.79 Å². The van der Waals surface area contributed by atoms with Gasteiger partial charge >= 0.3 is 6.09 Å². The molecule has 5 heteroatoms. The van der Waals surface area contributed by atoms with Crippen molar-refractivity contribution in [3.63, 3.8) is 0 Å². The van der Waals surface area contributed by atoms with Gasteiger partial charge in [-0.1, -0.05) is 30.3 Å². The second-order valence-corrected chi connectivity index (χ2v) is 7.51. The average molecular weight is 320 g/mol. The third-order valence-corrected chi connectivity index (χ3v) is 4.09. The predicted molar refractivity (Wildman–Crippen MR) is 90.4 cm³/mol. The first kappa shape index (κ1) is 17.8. The topological polar surface area (TPSA) is 61.8 Å². The number of rotatable bonds is 3. The van der Waals surface area contributed by atoms with Crippen molar-refractivity contribution < 1.29 is 14.6 Å². The summed E-state index contributed by atoms with van der Waals surface area (Å²) in [6.07, 6.45) is 0.411. The molecule has 2 atom stereocenters. The fourth-order valence-electron chi connectivity index (χ4n) is 2.89. The maximum atomic E-state index is 12.7. The molecule has 2 rings (SSSR count). The van der Waals surface area contributed by atoms with Crippen LogP contribution in [0.2, 0.25) is 0 Å². The van der Waals surface area contributed by atoms with E-state index in [1.165, 1.54) is 5.56 Å². The molecule has 0 aliphatic carbocycles. The summed E-state index contributed by atoms with van der Waals surface area (Å²) < 4.78 is 5.58. The molecule has 1 aromatic rings. The van der Waals surface area contributed by atoms with E-state index in [2.05, 4.69) is 24.4 Å². The van der Waals surface area contributed by atoms with Gasteiger partial charge in [0.05, 0.1) is 12.1 Å². The minimum Gasteiger partial charge on any atom is -0.444 e. The number of piperazine rings is 1. The monoisotopic (exact) mass is 320 g/mol. The summed E-state index contributed by atoms with van der Waals surface area (Å²) in [7, 11) is 0. The van der Waals surface area contributed by atoms with Crippen LogP contribution in [-0.4, -0.2) is 53.0 Å². The molecule has 5 nitrogen and oxygen atoms in total. The molecule has 0 saturated carbocycles. The molecule has 1 saturated heterocycles. The molecule has 0 spiro atoms. The summed E-state index contributed by atoms with van der Waals surface area (Å²) in [5, 5.41) is 12.8. The van der Waals surface area contributed by atoms with Crippen LogP contribution in [-0.2, 0) is 11.2 Å². The molecule has 0 bridgehead atoms. The Morgan fingerprint density at radius 2 is 2.04 bits per heavy atom. The molecule has 1 fully saturated rings. The van der Waals surface area contributed by atoms with Crippen LogP contribution in [0.25, 0.3) is 0 Å². The normalized spacial score (nSPS) is 25.3. The van der Waals surface area contributed by atoms with E-state index >= 15 is 0 Å². The molecule has 23 heavy (non-hydrogen) atoms. The third-order valence-electron chi connectivity index (χ3n) is 4.09. The first-order chi connectivity index (χ1) is 10.7. The number of carbonyl (C=O) groups is 1. The van der Waals surface area contributed by atoms with Crippen molar-refractivity contribution in [1.29, 1.82) is 0 Å². The third kappa shape index (κ3) is 4.69. The van der Waals surface area contributed by atoms with Gasteiger partial charge in [-0.15, -0.1) is 0 Å². The van der Waals surface area contributed by atoms with E-state index in [1.807, 2.05) is 39.0 Å². The highest BCUT2D eigenvalue weighted by molar-refractivity contribution is 5.69. The molecule has 1 aliphatic heterocycles.